The molecule has 0 radical (unpaired) electrons. The fraction of sp³-hybridized carbons (Fsp3) is 0.727. The molecular formula is C11H21N3S. The van der Waals surface area contributed by atoms with E-state index in [1.165, 1.54) is 5.69 Å². The SMILES string of the molecule is CCN(CC)Cc1csc(CC(C)N)n1. The molecular weight excluding hydrogens is 206 g/mol. The molecule has 0 fully saturated rings. The Morgan fingerprint density at radius 1 is 1.47 bits per heavy atom. The zero-order chi connectivity index (χ0) is 11.3. The summed E-state index contributed by atoms with van der Waals surface area (Å²) < 4.78 is 0. The Kier molecular flexibility index (Phi) is 5.22. The number of aromatic nitrogens is 1. The largest absolute Gasteiger partial charge is 0.328 e. The van der Waals surface area contributed by atoms with Crippen molar-refractivity contribution in [3.05, 3.63) is 16.1 Å². The maximum absolute atomic E-state index is 5.74. The molecule has 0 aliphatic carbocycles. The third kappa shape index (κ3) is 4.28. The third-order valence-electron chi connectivity index (χ3n) is 2.38. The van der Waals surface area contributed by atoms with Crippen LogP contribution in [0.1, 0.15) is 31.5 Å². The number of nitrogens with two attached hydrogens (primary N) is 1. The molecule has 1 aromatic heterocycles. The highest BCUT2D eigenvalue weighted by Gasteiger charge is 2.07. The molecule has 0 aromatic carbocycles. The molecule has 3 nitrogen and oxygen atoms in total. The highest BCUT2D eigenvalue weighted by atomic mass is 32.1. The summed E-state index contributed by atoms with van der Waals surface area (Å²) in [5.74, 6) is 0. The molecule has 0 saturated carbocycles. The standard InChI is InChI=1S/C11H21N3S/c1-4-14(5-2)7-10-8-15-11(13-10)6-9(3)12/h8-9H,4-7,12H2,1-3H3. The Balaban J connectivity index is 2.52. The van der Waals surface area contributed by atoms with Crippen LogP contribution in [-0.2, 0) is 13.0 Å². The van der Waals surface area contributed by atoms with Crippen LogP contribution in [0.2, 0.25) is 0 Å². The first-order valence-electron chi connectivity index (χ1n) is 5.56. The molecule has 1 atom stereocenters. The van der Waals surface area contributed by atoms with Crippen LogP contribution in [0.3, 0.4) is 0 Å². The van der Waals surface area contributed by atoms with Crippen molar-refractivity contribution in [1.29, 1.82) is 0 Å². The quantitative estimate of drug-likeness (QED) is 0.807. The first-order chi connectivity index (χ1) is 7.15. The van der Waals surface area contributed by atoms with Gasteiger partial charge in [-0.2, -0.15) is 0 Å². The molecule has 4 heteroatoms. The van der Waals surface area contributed by atoms with Crippen LogP contribution in [0.4, 0.5) is 0 Å². The first-order valence-corrected chi connectivity index (χ1v) is 6.44. The first kappa shape index (κ1) is 12.6. The predicted molar refractivity (Wildman–Crippen MR) is 66.1 cm³/mol. The van der Waals surface area contributed by atoms with Crippen molar-refractivity contribution < 1.29 is 0 Å². The monoisotopic (exact) mass is 227 g/mol. The van der Waals surface area contributed by atoms with E-state index in [4.69, 9.17) is 5.73 Å². The van der Waals surface area contributed by atoms with Crippen molar-refractivity contribution in [2.45, 2.75) is 39.8 Å². The van der Waals surface area contributed by atoms with Crippen LogP contribution in [-0.4, -0.2) is 29.0 Å². The second kappa shape index (κ2) is 6.20. The second-order valence-corrected chi connectivity index (χ2v) is 4.82. The van der Waals surface area contributed by atoms with Crippen LogP contribution in [0, 0.1) is 0 Å². The van der Waals surface area contributed by atoms with Crippen molar-refractivity contribution in [1.82, 2.24) is 9.88 Å². The molecule has 0 spiro atoms. The van der Waals surface area contributed by atoms with E-state index in [0.717, 1.165) is 31.1 Å². The summed E-state index contributed by atoms with van der Waals surface area (Å²) in [5, 5.41) is 3.31. The number of thiazole rings is 1. The minimum Gasteiger partial charge on any atom is -0.328 e. The summed E-state index contributed by atoms with van der Waals surface area (Å²) in [6.45, 7) is 9.50. The Morgan fingerprint density at radius 2 is 2.13 bits per heavy atom. The average Bonchev–Trinajstić information content (AvgIpc) is 2.61. The van der Waals surface area contributed by atoms with Crippen LogP contribution < -0.4 is 5.73 Å². The summed E-state index contributed by atoms with van der Waals surface area (Å²) in [7, 11) is 0. The van der Waals surface area contributed by atoms with E-state index in [9.17, 15) is 0 Å². The van der Waals surface area contributed by atoms with E-state index in [1.807, 2.05) is 6.92 Å². The van der Waals surface area contributed by atoms with Crippen molar-refractivity contribution in [3.8, 4) is 0 Å². The topological polar surface area (TPSA) is 42.1 Å². The molecule has 0 aliphatic rings. The molecule has 1 rings (SSSR count). The summed E-state index contributed by atoms with van der Waals surface area (Å²) in [5.41, 5.74) is 6.92. The third-order valence-corrected chi connectivity index (χ3v) is 3.30. The van der Waals surface area contributed by atoms with Crippen molar-refractivity contribution in [2.75, 3.05) is 13.1 Å². The molecule has 1 heterocycles. The minimum atomic E-state index is 0.206. The summed E-state index contributed by atoms with van der Waals surface area (Å²) in [6.07, 6.45) is 0.892. The number of nitrogens with zero attached hydrogens (tertiary/aromatic N) is 2. The van der Waals surface area contributed by atoms with E-state index in [2.05, 4.69) is 29.1 Å². The number of rotatable bonds is 6. The average molecular weight is 227 g/mol. The van der Waals surface area contributed by atoms with Gasteiger partial charge in [0.15, 0.2) is 0 Å². The fourth-order valence-corrected chi connectivity index (χ4v) is 2.40. The zero-order valence-electron chi connectivity index (χ0n) is 9.86. The highest BCUT2D eigenvalue weighted by molar-refractivity contribution is 7.09. The van der Waals surface area contributed by atoms with E-state index in [-0.39, 0.29) is 6.04 Å². The molecule has 1 aromatic rings. The predicted octanol–water partition coefficient (Wildman–Crippen LogP) is 1.87. The van der Waals surface area contributed by atoms with Gasteiger partial charge in [-0.25, -0.2) is 4.98 Å². The molecule has 86 valence electrons. The fourth-order valence-electron chi connectivity index (χ4n) is 1.47. The zero-order valence-corrected chi connectivity index (χ0v) is 10.7. The van der Waals surface area contributed by atoms with E-state index < -0.39 is 0 Å². The molecule has 0 aliphatic heterocycles. The van der Waals surface area contributed by atoms with Crippen molar-refractivity contribution in [2.24, 2.45) is 5.73 Å². The maximum atomic E-state index is 5.74. The van der Waals surface area contributed by atoms with Gasteiger partial charge in [-0.15, -0.1) is 11.3 Å². The lowest BCUT2D eigenvalue weighted by molar-refractivity contribution is 0.292. The van der Waals surface area contributed by atoms with Gasteiger partial charge in [0, 0.05) is 24.4 Å². The van der Waals surface area contributed by atoms with E-state index >= 15 is 0 Å². The Hall–Kier alpha value is -0.450. The van der Waals surface area contributed by atoms with Crippen molar-refractivity contribution >= 4 is 11.3 Å². The summed E-state index contributed by atoms with van der Waals surface area (Å²) >= 11 is 1.72. The van der Waals surface area contributed by atoms with Crippen LogP contribution in [0.15, 0.2) is 5.38 Å². The van der Waals surface area contributed by atoms with E-state index in [1.54, 1.807) is 11.3 Å². The molecule has 1 unspecified atom stereocenters. The van der Waals surface area contributed by atoms with Crippen LogP contribution >= 0.6 is 11.3 Å². The molecule has 0 amide bonds. The Labute approximate surface area is 96.3 Å². The highest BCUT2D eigenvalue weighted by Crippen LogP contribution is 2.13. The molecule has 15 heavy (non-hydrogen) atoms. The van der Waals surface area contributed by atoms with Gasteiger partial charge in [-0.1, -0.05) is 13.8 Å². The normalized spacial score (nSPS) is 13.4. The minimum absolute atomic E-state index is 0.206. The second-order valence-electron chi connectivity index (χ2n) is 3.88. The van der Waals surface area contributed by atoms with Gasteiger partial charge in [0.1, 0.15) is 0 Å². The van der Waals surface area contributed by atoms with Gasteiger partial charge in [-0.3, -0.25) is 4.90 Å². The van der Waals surface area contributed by atoms with Crippen molar-refractivity contribution in [3.63, 3.8) is 0 Å². The Bertz CT molecular complexity index is 279. The summed E-state index contributed by atoms with van der Waals surface area (Å²) in [6, 6.07) is 0.206. The van der Waals surface area contributed by atoms with Gasteiger partial charge in [0.25, 0.3) is 0 Å². The number of hydrogen-bond donors (Lipinski definition) is 1. The lowest BCUT2D eigenvalue weighted by atomic mass is 10.3. The molecule has 0 bridgehead atoms. The molecule has 0 saturated heterocycles. The van der Waals surface area contributed by atoms with Gasteiger partial charge < -0.3 is 5.73 Å². The van der Waals surface area contributed by atoms with Gasteiger partial charge >= 0.3 is 0 Å². The lowest BCUT2D eigenvalue weighted by Crippen LogP contribution is -2.22. The van der Waals surface area contributed by atoms with E-state index in [0.29, 0.717) is 0 Å². The maximum Gasteiger partial charge on any atom is 0.0944 e. The van der Waals surface area contributed by atoms with Crippen LogP contribution in [0.25, 0.3) is 0 Å². The Morgan fingerprint density at radius 3 is 2.67 bits per heavy atom. The van der Waals surface area contributed by atoms with Gasteiger partial charge in [-0.05, 0) is 20.0 Å². The smallest absolute Gasteiger partial charge is 0.0944 e. The van der Waals surface area contributed by atoms with Gasteiger partial charge in [0.05, 0.1) is 10.7 Å². The lowest BCUT2D eigenvalue weighted by Gasteiger charge is -2.15. The number of hydrogen-bond acceptors (Lipinski definition) is 4. The van der Waals surface area contributed by atoms with Crippen LogP contribution in [0.5, 0.6) is 0 Å². The summed E-state index contributed by atoms with van der Waals surface area (Å²) in [4.78, 5) is 6.95. The molecule has 2 N–H and O–H groups in total. The van der Waals surface area contributed by atoms with Gasteiger partial charge in [0.2, 0.25) is 0 Å².